The number of ether oxygens (including phenoxy) is 1. The van der Waals surface area contributed by atoms with Gasteiger partial charge in [0.15, 0.2) is 0 Å². The Kier molecular flexibility index (Phi) is 3.24. The van der Waals surface area contributed by atoms with Gasteiger partial charge < -0.3 is 10.5 Å². The highest BCUT2D eigenvalue weighted by Crippen LogP contribution is 2.32. The van der Waals surface area contributed by atoms with Gasteiger partial charge in [0.25, 0.3) is 5.92 Å². The lowest BCUT2D eigenvalue weighted by atomic mass is 10.1. The lowest BCUT2D eigenvalue weighted by Crippen LogP contribution is -2.19. The molecule has 1 rings (SSSR count). The molecule has 0 aromatic heterocycles. The molecule has 0 saturated heterocycles. The maximum Gasteiger partial charge on any atom is 0.312 e. The summed E-state index contributed by atoms with van der Waals surface area (Å²) in [5, 5.41) is 0. The van der Waals surface area contributed by atoms with Gasteiger partial charge in [-0.2, -0.15) is 0 Å². The molecule has 0 bridgehead atoms. The molecule has 0 unspecified atom stereocenters. The van der Waals surface area contributed by atoms with E-state index < -0.39 is 18.3 Å². The molecule has 0 radical (unpaired) electrons. The van der Waals surface area contributed by atoms with Gasteiger partial charge in [-0.15, -0.1) is 0 Å². The molecular formula is C10H11F2NO2. The number of rotatable bonds is 3. The van der Waals surface area contributed by atoms with Crippen molar-refractivity contribution in [3.63, 3.8) is 0 Å². The molecule has 0 aliphatic carbocycles. The number of carbonyl (C=O) groups excluding carboxylic acids is 1. The smallest absolute Gasteiger partial charge is 0.312 e. The van der Waals surface area contributed by atoms with Crippen LogP contribution in [0.3, 0.4) is 0 Å². The second-order valence-corrected chi connectivity index (χ2v) is 3.08. The summed E-state index contributed by atoms with van der Waals surface area (Å²) in [6.07, 6.45) is -0.965. The number of carbonyl (C=O) groups is 1. The molecule has 5 heteroatoms. The fourth-order valence-electron chi connectivity index (χ4n) is 1.08. The van der Waals surface area contributed by atoms with E-state index in [4.69, 9.17) is 5.73 Å². The fourth-order valence-corrected chi connectivity index (χ4v) is 1.08. The zero-order valence-corrected chi connectivity index (χ0v) is 8.17. The summed E-state index contributed by atoms with van der Waals surface area (Å²) >= 11 is 0. The van der Waals surface area contributed by atoms with E-state index in [1.165, 1.54) is 24.3 Å². The Balaban J connectivity index is 2.85. The number of anilines is 1. The molecule has 2 N–H and O–H groups in total. The molecule has 0 heterocycles. The largest absolute Gasteiger partial charge is 0.469 e. The summed E-state index contributed by atoms with van der Waals surface area (Å²) in [6, 6.07) is 5.11. The first-order valence-electron chi connectivity index (χ1n) is 4.26. The Bertz CT molecular complexity index is 349. The number of hydrogen-bond acceptors (Lipinski definition) is 3. The molecule has 1 aromatic rings. The van der Waals surface area contributed by atoms with E-state index in [0.717, 1.165) is 7.11 Å². The van der Waals surface area contributed by atoms with Crippen LogP contribution in [0.25, 0.3) is 0 Å². The quantitative estimate of drug-likeness (QED) is 0.619. The number of alkyl halides is 2. The van der Waals surface area contributed by atoms with E-state index >= 15 is 0 Å². The van der Waals surface area contributed by atoms with Crippen LogP contribution in [0.2, 0.25) is 0 Å². The van der Waals surface area contributed by atoms with Gasteiger partial charge in [0, 0.05) is 11.3 Å². The van der Waals surface area contributed by atoms with Gasteiger partial charge in [0.2, 0.25) is 0 Å². The number of nitrogens with two attached hydrogens (primary N) is 1. The first-order chi connectivity index (χ1) is 6.95. The van der Waals surface area contributed by atoms with Crippen molar-refractivity contribution in [2.45, 2.75) is 12.3 Å². The minimum atomic E-state index is -3.22. The van der Waals surface area contributed by atoms with Gasteiger partial charge >= 0.3 is 5.97 Å². The minimum absolute atomic E-state index is 0.248. The average molecular weight is 215 g/mol. The molecule has 3 nitrogen and oxygen atoms in total. The summed E-state index contributed by atoms with van der Waals surface area (Å²) in [5.41, 5.74) is 5.51. The first kappa shape index (κ1) is 11.4. The molecule has 0 amide bonds. The van der Waals surface area contributed by atoms with Crippen molar-refractivity contribution >= 4 is 11.7 Å². The van der Waals surface area contributed by atoms with Crippen LogP contribution in [0.4, 0.5) is 14.5 Å². The highest BCUT2D eigenvalue weighted by Gasteiger charge is 2.34. The maximum absolute atomic E-state index is 13.4. The van der Waals surface area contributed by atoms with Crippen LogP contribution in [-0.2, 0) is 15.5 Å². The second kappa shape index (κ2) is 4.25. The molecule has 15 heavy (non-hydrogen) atoms. The number of hydrogen-bond donors (Lipinski definition) is 1. The van der Waals surface area contributed by atoms with E-state index in [2.05, 4.69) is 4.74 Å². The third-order valence-electron chi connectivity index (χ3n) is 1.93. The zero-order valence-electron chi connectivity index (χ0n) is 8.17. The highest BCUT2D eigenvalue weighted by molar-refractivity contribution is 5.70. The maximum atomic E-state index is 13.4. The summed E-state index contributed by atoms with van der Waals surface area (Å²) in [5.74, 6) is -4.17. The number of halogens is 2. The first-order valence-corrected chi connectivity index (χ1v) is 4.26. The number of methoxy groups -OCH3 is 1. The third-order valence-corrected chi connectivity index (χ3v) is 1.93. The summed E-state index contributed by atoms with van der Waals surface area (Å²) in [7, 11) is 1.07. The van der Waals surface area contributed by atoms with E-state index in [-0.39, 0.29) is 5.56 Å². The Morgan fingerprint density at radius 2 is 1.93 bits per heavy atom. The van der Waals surface area contributed by atoms with Crippen molar-refractivity contribution in [2.75, 3.05) is 12.8 Å². The fraction of sp³-hybridized carbons (Fsp3) is 0.300. The van der Waals surface area contributed by atoms with Crippen LogP contribution in [0.15, 0.2) is 24.3 Å². The summed E-state index contributed by atoms with van der Waals surface area (Å²) < 4.78 is 31.0. The van der Waals surface area contributed by atoms with E-state index in [1.54, 1.807) is 0 Å². The van der Waals surface area contributed by atoms with Crippen molar-refractivity contribution in [2.24, 2.45) is 0 Å². The van der Waals surface area contributed by atoms with Crippen molar-refractivity contribution in [1.82, 2.24) is 0 Å². The second-order valence-electron chi connectivity index (χ2n) is 3.08. The molecule has 1 aromatic carbocycles. The van der Waals surface area contributed by atoms with Crippen molar-refractivity contribution in [1.29, 1.82) is 0 Å². The molecular weight excluding hydrogens is 204 g/mol. The molecule has 0 fully saturated rings. The molecule has 0 aliphatic heterocycles. The van der Waals surface area contributed by atoms with Crippen molar-refractivity contribution < 1.29 is 18.3 Å². The third kappa shape index (κ3) is 2.90. The van der Waals surface area contributed by atoms with Gasteiger partial charge in [0.1, 0.15) is 6.42 Å². The normalized spacial score (nSPS) is 11.1. The number of benzene rings is 1. The molecule has 0 saturated carbocycles. The van der Waals surface area contributed by atoms with Crippen LogP contribution in [0.5, 0.6) is 0 Å². The van der Waals surface area contributed by atoms with E-state index in [0.29, 0.717) is 5.69 Å². The van der Waals surface area contributed by atoms with Crippen LogP contribution < -0.4 is 5.73 Å². The Hall–Kier alpha value is -1.65. The van der Waals surface area contributed by atoms with E-state index in [9.17, 15) is 13.6 Å². The van der Waals surface area contributed by atoms with Crippen LogP contribution in [0.1, 0.15) is 12.0 Å². The number of esters is 1. The van der Waals surface area contributed by atoms with Crippen molar-refractivity contribution in [3.8, 4) is 0 Å². The van der Waals surface area contributed by atoms with Crippen LogP contribution in [-0.4, -0.2) is 13.1 Å². The summed E-state index contributed by atoms with van der Waals surface area (Å²) in [4.78, 5) is 10.7. The predicted molar refractivity (Wildman–Crippen MR) is 51.4 cm³/mol. The topological polar surface area (TPSA) is 52.3 Å². The van der Waals surface area contributed by atoms with Crippen LogP contribution in [0, 0.1) is 0 Å². The highest BCUT2D eigenvalue weighted by atomic mass is 19.3. The Labute approximate surface area is 85.8 Å². The predicted octanol–water partition coefficient (Wildman–Crippen LogP) is 1.92. The lowest BCUT2D eigenvalue weighted by Gasteiger charge is -2.15. The lowest BCUT2D eigenvalue weighted by molar-refractivity contribution is -0.149. The van der Waals surface area contributed by atoms with Gasteiger partial charge in [-0.25, -0.2) is 8.78 Å². The zero-order chi connectivity index (χ0) is 11.5. The van der Waals surface area contributed by atoms with Gasteiger partial charge in [0.05, 0.1) is 7.11 Å². The van der Waals surface area contributed by atoms with Gasteiger partial charge in [-0.3, -0.25) is 4.79 Å². The Morgan fingerprint density at radius 1 is 1.40 bits per heavy atom. The number of nitrogen functional groups attached to an aromatic ring is 1. The Morgan fingerprint density at radius 3 is 2.40 bits per heavy atom. The SMILES string of the molecule is COC(=O)CC(F)(F)c1ccc(N)cc1. The molecule has 82 valence electrons. The standard InChI is InChI=1S/C10H11F2NO2/c1-15-9(14)6-10(11,12)7-2-4-8(13)5-3-7/h2-5H,6,13H2,1H3. The molecule has 0 spiro atoms. The molecule has 0 aliphatic rings. The van der Waals surface area contributed by atoms with Gasteiger partial charge in [-0.1, -0.05) is 12.1 Å². The molecule has 0 atom stereocenters. The van der Waals surface area contributed by atoms with Crippen molar-refractivity contribution in [3.05, 3.63) is 29.8 Å². The summed E-state index contributed by atoms with van der Waals surface area (Å²) in [6.45, 7) is 0. The monoisotopic (exact) mass is 215 g/mol. The minimum Gasteiger partial charge on any atom is -0.469 e. The van der Waals surface area contributed by atoms with E-state index in [1.807, 2.05) is 0 Å². The average Bonchev–Trinajstić information content (AvgIpc) is 2.17. The van der Waals surface area contributed by atoms with Gasteiger partial charge in [-0.05, 0) is 12.1 Å². The van der Waals surface area contributed by atoms with Crippen LogP contribution >= 0.6 is 0 Å².